The minimum Gasteiger partial charge on any atom is -0.480 e. The zero-order valence-corrected chi connectivity index (χ0v) is 14.7. The van der Waals surface area contributed by atoms with Crippen molar-refractivity contribution in [1.29, 1.82) is 0 Å². The molecule has 1 aliphatic heterocycles. The van der Waals surface area contributed by atoms with Gasteiger partial charge in [-0.05, 0) is 54.6 Å². The van der Waals surface area contributed by atoms with Crippen molar-refractivity contribution >= 4 is 13.1 Å². The number of benzene rings is 1. The van der Waals surface area contributed by atoms with E-state index in [0.29, 0.717) is 25.8 Å². The molecule has 0 amide bonds. The molecule has 0 aromatic heterocycles. The number of halogens is 1. The third-order valence-corrected chi connectivity index (χ3v) is 6.04. The maximum Gasteiger partial charge on any atom is 0.451 e. The van der Waals surface area contributed by atoms with Gasteiger partial charge in [0.05, 0.1) is 0 Å². The Balaban J connectivity index is 1.67. The number of nitrogens with zero attached hydrogens (tertiary/aromatic N) is 1. The average molecular weight is 364 g/mol. The van der Waals surface area contributed by atoms with Crippen molar-refractivity contribution in [2.24, 2.45) is 23.5 Å². The summed E-state index contributed by atoms with van der Waals surface area (Å²) in [5, 5.41) is 27.8. The van der Waals surface area contributed by atoms with Gasteiger partial charge >= 0.3 is 13.1 Å². The third kappa shape index (κ3) is 3.93. The van der Waals surface area contributed by atoms with Crippen LogP contribution in [0, 0.1) is 23.6 Å². The summed E-state index contributed by atoms with van der Waals surface area (Å²) >= 11 is 0. The standard InChI is InChI=1S/C18H26BFN2O4/c20-14-5-3-12(4-6-14)9-22-10-13-8-18(21,17(23)24)16(15(13)11-22)2-1-7-19(25)26/h3-6,13,15-16,25-26H,1-2,7-11,21H2,(H,23,24). The smallest absolute Gasteiger partial charge is 0.451 e. The number of aliphatic carboxylic acids is 1. The number of nitrogens with two attached hydrogens (primary N) is 1. The fraction of sp³-hybridized carbons (Fsp3) is 0.611. The number of carboxylic acids is 1. The summed E-state index contributed by atoms with van der Waals surface area (Å²) in [5.41, 5.74) is 6.08. The summed E-state index contributed by atoms with van der Waals surface area (Å²) in [6.45, 7) is 2.26. The Morgan fingerprint density at radius 1 is 1.31 bits per heavy atom. The van der Waals surface area contributed by atoms with Crippen molar-refractivity contribution < 1.29 is 24.3 Å². The van der Waals surface area contributed by atoms with Crippen LogP contribution >= 0.6 is 0 Å². The first-order valence-electron chi connectivity index (χ1n) is 9.15. The van der Waals surface area contributed by atoms with Crippen LogP contribution in [0.25, 0.3) is 0 Å². The lowest BCUT2D eigenvalue weighted by Crippen LogP contribution is -2.53. The Morgan fingerprint density at radius 2 is 2.00 bits per heavy atom. The van der Waals surface area contributed by atoms with E-state index in [1.54, 1.807) is 12.1 Å². The highest BCUT2D eigenvalue weighted by Gasteiger charge is 2.57. The van der Waals surface area contributed by atoms with Gasteiger partial charge in [0.15, 0.2) is 0 Å². The van der Waals surface area contributed by atoms with Gasteiger partial charge in [-0.3, -0.25) is 9.69 Å². The molecule has 0 spiro atoms. The molecule has 5 N–H and O–H groups in total. The van der Waals surface area contributed by atoms with Crippen LogP contribution in [0.15, 0.2) is 24.3 Å². The fourth-order valence-corrected chi connectivity index (χ4v) is 4.84. The van der Waals surface area contributed by atoms with Gasteiger partial charge in [-0.15, -0.1) is 0 Å². The second-order valence-corrected chi connectivity index (χ2v) is 7.81. The maximum atomic E-state index is 13.1. The second-order valence-electron chi connectivity index (χ2n) is 7.81. The van der Waals surface area contributed by atoms with Gasteiger partial charge in [0.1, 0.15) is 11.4 Å². The molecule has 2 aliphatic rings. The van der Waals surface area contributed by atoms with E-state index in [1.165, 1.54) is 12.1 Å². The van der Waals surface area contributed by atoms with Crippen molar-refractivity contribution in [3.05, 3.63) is 35.6 Å². The molecule has 1 saturated carbocycles. The van der Waals surface area contributed by atoms with Crippen LogP contribution in [0.4, 0.5) is 4.39 Å². The van der Waals surface area contributed by atoms with Gasteiger partial charge in [-0.25, -0.2) is 4.39 Å². The maximum absolute atomic E-state index is 13.1. The molecular weight excluding hydrogens is 338 g/mol. The predicted molar refractivity (Wildman–Crippen MR) is 95.6 cm³/mol. The van der Waals surface area contributed by atoms with Crippen molar-refractivity contribution in [2.45, 2.75) is 37.7 Å². The van der Waals surface area contributed by atoms with Crippen LogP contribution in [0.2, 0.25) is 6.32 Å². The van der Waals surface area contributed by atoms with Crippen LogP contribution in [0.1, 0.15) is 24.8 Å². The Labute approximate surface area is 153 Å². The van der Waals surface area contributed by atoms with Gasteiger partial charge in [0.2, 0.25) is 0 Å². The molecule has 1 saturated heterocycles. The summed E-state index contributed by atoms with van der Waals surface area (Å²) in [4.78, 5) is 14.1. The molecule has 142 valence electrons. The average Bonchev–Trinajstić information content (AvgIpc) is 3.05. The van der Waals surface area contributed by atoms with Crippen LogP contribution in [0.5, 0.6) is 0 Å². The Morgan fingerprint density at radius 3 is 2.62 bits per heavy atom. The molecule has 26 heavy (non-hydrogen) atoms. The molecule has 1 aromatic rings. The lowest BCUT2D eigenvalue weighted by Gasteiger charge is -2.31. The number of fused-ring (bicyclic) bond motifs is 1. The Bertz CT molecular complexity index is 645. The number of hydrogen-bond acceptors (Lipinski definition) is 5. The molecule has 3 rings (SSSR count). The largest absolute Gasteiger partial charge is 0.480 e. The van der Waals surface area contributed by atoms with E-state index in [2.05, 4.69) is 4.90 Å². The molecule has 2 fully saturated rings. The van der Waals surface area contributed by atoms with Gasteiger partial charge in [0.25, 0.3) is 0 Å². The van der Waals surface area contributed by atoms with Crippen molar-refractivity contribution in [3.63, 3.8) is 0 Å². The van der Waals surface area contributed by atoms with Gasteiger partial charge in [0, 0.05) is 19.6 Å². The Hall–Kier alpha value is -1.48. The Kier molecular flexibility index (Phi) is 5.67. The van der Waals surface area contributed by atoms with E-state index in [1.807, 2.05) is 0 Å². The highest BCUT2D eigenvalue weighted by Crippen LogP contribution is 2.49. The number of hydrogen-bond donors (Lipinski definition) is 4. The van der Waals surface area contributed by atoms with Crippen molar-refractivity contribution in [1.82, 2.24) is 4.90 Å². The first-order chi connectivity index (χ1) is 12.3. The molecule has 4 atom stereocenters. The number of carbonyl (C=O) groups is 1. The van der Waals surface area contributed by atoms with Crippen LogP contribution < -0.4 is 5.73 Å². The van der Waals surface area contributed by atoms with E-state index in [-0.39, 0.29) is 29.9 Å². The van der Waals surface area contributed by atoms with E-state index in [9.17, 15) is 14.3 Å². The van der Waals surface area contributed by atoms with Crippen LogP contribution in [-0.4, -0.2) is 51.8 Å². The normalized spacial score (nSPS) is 31.2. The minimum absolute atomic E-state index is 0.179. The minimum atomic E-state index is -1.37. The highest BCUT2D eigenvalue weighted by molar-refractivity contribution is 6.40. The number of rotatable bonds is 7. The molecule has 6 nitrogen and oxygen atoms in total. The van der Waals surface area contributed by atoms with Crippen LogP contribution in [0.3, 0.4) is 0 Å². The zero-order chi connectivity index (χ0) is 18.9. The van der Waals surface area contributed by atoms with E-state index in [0.717, 1.165) is 18.7 Å². The van der Waals surface area contributed by atoms with Crippen LogP contribution in [-0.2, 0) is 11.3 Å². The van der Waals surface area contributed by atoms with Gasteiger partial charge < -0.3 is 20.9 Å². The molecule has 1 heterocycles. The summed E-state index contributed by atoms with van der Waals surface area (Å²) in [5.74, 6) is -0.992. The van der Waals surface area contributed by atoms with Crippen molar-refractivity contribution in [3.8, 4) is 0 Å². The highest BCUT2D eigenvalue weighted by atomic mass is 19.1. The lowest BCUT2D eigenvalue weighted by atomic mass is 9.76. The summed E-state index contributed by atoms with van der Waals surface area (Å²) < 4.78 is 13.1. The SMILES string of the molecule is NC1(C(=O)O)CC2CN(Cc3ccc(F)cc3)CC2C1CCCB(O)O. The summed E-state index contributed by atoms with van der Waals surface area (Å²) in [7, 11) is -1.37. The molecule has 4 unspecified atom stereocenters. The van der Waals surface area contributed by atoms with Gasteiger partial charge in [-0.2, -0.15) is 0 Å². The quantitative estimate of drug-likeness (QED) is 0.537. The zero-order valence-electron chi connectivity index (χ0n) is 14.7. The summed E-state index contributed by atoms with van der Waals surface area (Å²) in [6, 6.07) is 6.44. The monoisotopic (exact) mass is 364 g/mol. The second kappa shape index (κ2) is 7.64. The molecule has 1 aromatic carbocycles. The number of likely N-dealkylation sites (tertiary alicyclic amines) is 1. The topological polar surface area (TPSA) is 107 Å². The molecule has 8 heteroatoms. The lowest BCUT2D eigenvalue weighted by molar-refractivity contribution is -0.145. The van der Waals surface area contributed by atoms with Crippen molar-refractivity contribution in [2.75, 3.05) is 13.1 Å². The van der Waals surface area contributed by atoms with E-state index in [4.69, 9.17) is 15.8 Å². The molecule has 0 radical (unpaired) electrons. The van der Waals surface area contributed by atoms with E-state index < -0.39 is 18.6 Å². The van der Waals surface area contributed by atoms with Gasteiger partial charge in [-0.1, -0.05) is 18.6 Å². The predicted octanol–water partition coefficient (Wildman–Crippen LogP) is 0.929. The molecular formula is C18H26BFN2O4. The first kappa shape index (κ1) is 19.3. The summed E-state index contributed by atoms with van der Waals surface area (Å²) in [6.07, 6.45) is 1.78. The molecule has 1 aliphatic carbocycles. The fourth-order valence-electron chi connectivity index (χ4n) is 4.84. The first-order valence-corrected chi connectivity index (χ1v) is 9.15. The third-order valence-electron chi connectivity index (χ3n) is 6.04. The molecule has 0 bridgehead atoms. The van der Waals surface area contributed by atoms with E-state index >= 15 is 0 Å². The number of carboxylic acid groups (broad SMARTS) is 1.